The van der Waals surface area contributed by atoms with Gasteiger partial charge in [0.1, 0.15) is 0 Å². The maximum atomic E-state index is 12.6. The van der Waals surface area contributed by atoms with Crippen LogP contribution in [-0.4, -0.2) is 50.1 Å². The Balaban J connectivity index is 2.50. The minimum absolute atomic E-state index is 0.0852. The maximum Gasteiger partial charge on any atom is 0.336 e. The molecule has 1 heterocycles. The van der Waals surface area contributed by atoms with Crippen molar-refractivity contribution in [1.82, 2.24) is 4.90 Å². The normalized spacial score (nSPS) is 16.8. The molecule has 0 radical (unpaired) electrons. The van der Waals surface area contributed by atoms with E-state index in [9.17, 15) is 19.5 Å². The van der Waals surface area contributed by atoms with Crippen LogP contribution in [0.4, 0.5) is 0 Å². The summed E-state index contributed by atoms with van der Waals surface area (Å²) in [7, 11) is 0. The predicted molar refractivity (Wildman–Crippen MR) is 77.9 cm³/mol. The molecule has 0 unspecified atom stereocenters. The largest absolute Gasteiger partial charge is 0.478 e. The van der Waals surface area contributed by atoms with Gasteiger partial charge in [-0.2, -0.15) is 0 Å². The molecule has 1 saturated heterocycles. The highest BCUT2D eigenvalue weighted by Gasteiger charge is 2.38. The van der Waals surface area contributed by atoms with Gasteiger partial charge in [-0.25, -0.2) is 9.59 Å². The Morgan fingerprint density at radius 3 is 2.29 bits per heavy atom. The number of rotatable bonds is 3. The van der Waals surface area contributed by atoms with Crippen molar-refractivity contribution in [1.29, 1.82) is 0 Å². The molecule has 1 aromatic carbocycles. The first kappa shape index (κ1) is 15.4. The summed E-state index contributed by atoms with van der Waals surface area (Å²) < 4.78 is 0. The number of carboxylic acid groups (broad SMARTS) is 2. The SMILES string of the molecule is CC1(C)SCCN1C(=O)c1cc(C(=O)O)ccc1C(=O)O. The monoisotopic (exact) mass is 309 g/mol. The van der Waals surface area contributed by atoms with Crippen molar-refractivity contribution < 1.29 is 24.6 Å². The second-order valence-electron chi connectivity index (χ2n) is 5.12. The molecule has 0 aliphatic carbocycles. The zero-order valence-corrected chi connectivity index (χ0v) is 12.4. The van der Waals surface area contributed by atoms with Gasteiger partial charge in [-0.1, -0.05) is 0 Å². The Kier molecular flexibility index (Phi) is 3.95. The lowest BCUT2D eigenvalue weighted by Crippen LogP contribution is -2.42. The molecular formula is C14H15NO5S. The Morgan fingerprint density at radius 2 is 1.81 bits per heavy atom. The summed E-state index contributed by atoms with van der Waals surface area (Å²) in [5, 5.41) is 18.2. The number of benzene rings is 1. The van der Waals surface area contributed by atoms with E-state index >= 15 is 0 Å². The Labute approximate surface area is 125 Å². The average Bonchev–Trinajstić information content (AvgIpc) is 2.76. The minimum Gasteiger partial charge on any atom is -0.478 e. The van der Waals surface area contributed by atoms with Gasteiger partial charge in [0.25, 0.3) is 5.91 Å². The molecule has 7 heteroatoms. The standard InChI is InChI=1S/C14H15NO5S/c1-14(2)15(5-6-21-14)11(16)10-7-8(12(17)18)3-4-9(10)13(19)20/h3-4,7H,5-6H2,1-2H3,(H,17,18)(H,19,20). The lowest BCUT2D eigenvalue weighted by atomic mass is 10.0. The van der Waals surface area contributed by atoms with Crippen molar-refractivity contribution in [2.75, 3.05) is 12.3 Å². The van der Waals surface area contributed by atoms with E-state index in [0.29, 0.717) is 6.54 Å². The highest BCUT2D eigenvalue weighted by Crippen LogP contribution is 2.36. The minimum atomic E-state index is -1.25. The quantitative estimate of drug-likeness (QED) is 0.887. The van der Waals surface area contributed by atoms with Gasteiger partial charge in [0.05, 0.1) is 21.6 Å². The third-order valence-electron chi connectivity index (χ3n) is 3.39. The second kappa shape index (κ2) is 5.40. The highest BCUT2D eigenvalue weighted by molar-refractivity contribution is 8.00. The van der Waals surface area contributed by atoms with E-state index in [1.165, 1.54) is 6.07 Å². The molecule has 2 rings (SSSR count). The fourth-order valence-electron chi connectivity index (χ4n) is 2.27. The lowest BCUT2D eigenvalue weighted by Gasteiger charge is -2.31. The third-order valence-corrected chi connectivity index (χ3v) is 4.71. The Hall–Kier alpha value is -2.02. The van der Waals surface area contributed by atoms with Crippen LogP contribution in [0.3, 0.4) is 0 Å². The van der Waals surface area contributed by atoms with Gasteiger partial charge in [-0.15, -0.1) is 11.8 Å². The van der Waals surface area contributed by atoms with Crippen LogP contribution in [0.1, 0.15) is 44.9 Å². The number of carboxylic acids is 2. The van der Waals surface area contributed by atoms with Crippen molar-refractivity contribution in [2.24, 2.45) is 0 Å². The maximum absolute atomic E-state index is 12.6. The van der Waals surface area contributed by atoms with Crippen molar-refractivity contribution in [3.8, 4) is 0 Å². The topological polar surface area (TPSA) is 94.9 Å². The fraction of sp³-hybridized carbons (Fsp3) is 0.357. The molecule has 2 N–H and O–H groups in total. The zero-order valence-electron chi connectivity index (χ0n) is 11.6. The number of hydrogen-bond acceptors (Lipinski definition) is 4. The highest BCUT2D eigenvalue weighted by atomic mass is 32.2. The summed E-state index contributed by atoms with van der Waals surface area (Å²) in [6.45, 7) is 4.26. The van der Waals surface area contributed by atoms with E-state index in [0.717, 1.165) is 17.9 Å². The number of hydrogen-bond donors (Lipinski definition) is 2. The lowest BCUT2D eigenvalue weighted by molar-refractivity contribution is 0.0655. The molecule has 112 valence electrons. The van der Waals surface area contributed by atoms with Crippen LogP contribution in [0.2, 0.25) is 0 Å². The molecule has 1 fully saturated rings. The van der Waals surface area contributed by atoms with Crippen LogP contribution in [0.5, 0.6) is 0 Å². The van der Waals surface area contributed by atoms with E-state index in [2.05, 4.69) is 0 Å². The first-order valence-electron chi connectivity index (χ1n) is 6.30. The Morgan fingerprint density at radius 1 is 1.14 bits per heavy atom. The molecule has 1 aromatic rings. The van der Waals surface area contributed by atoms with Gasteiger partial charge < -0.3 is 15.1 Å². The molecule has 0 atom stereocenters. The van der Waals surface area contributed by atoms with Crippen LogP contribution in [-0.2, 0) is 0 Å². The van der Waals surface area contributed by atoms with Crippen LogP contribution < -0.4 is 0 Å². The van der Waals surface area contributed by atoms with Crippen LogP contribution in [0, 0.1) is 0 Å². The van der Waals surface area contributed by atoms with E-state index in [1.54, 1.807) is 16.7 Å². The molecule has 0 spiro atoms. The van der Waals surface area contributed by atoms with E-state index < -0.39 is 22.7 Å². The van der Waals surface area contributed by atoms with Crippen LogP contribution in [0.25, 0.3) is 0 Å². The number of carbonyl (C=O) groups excluding carboxylic acids is 1. The van der Waals surface area contributed by atoms with Gasteiger partial charge in [-0.3, -0.25) is 4.79 Å². The van der Waals surface area contributed by atoms with Gasteiger partial charge in [0.2, 0.25) is 0 Å². The molecule has 6 nitrogen and oxygen atoms in total. The van der Waals surface area contributed by atoms with Gasteiger partial charge >= 0.3 is 11.9 Å². The van der Waals surface area contributed by atoms with Crippen molar-refractivity contribution in [2.45, 2.75) is 18.7 Å². The summed E-state index contributed by atoms with van der Waals surface area (Å²) in [4.78, 5) is 36.0. The number of thioether (sulfide) groups is 1. The molecule has 1 aliphatic heterocycles. The summed E-state index contributed by atoms with van der Waals surface area (Å²) in [5.74, 6) is -2.14. The van der Waals surface area contributed by atoms with Crippen LogP contribution in [0.15, 0.2) is 18.2 Å². The van der Waals surface area contributed by atoms with E-state index in [-0.39, 0.29) is 16.7 Å². The number of amides is 1. The second-order valence-corrected chi connectivity index (χ2v) is 6.82. The summed E-state index contributed by atoms with van der Waals surface area (Å²) in [6.07, 6.45) is 0. The van der Waals surface area contributed by atoms with E-state index in [4.69, 9.17) is 5.11 Å². The van der Waals surface area contributed by atoms with Crippen molar-refractivity contribution >= 4 is 29.6 Å². The van der Waals surface area contributed by atoms with Crippen LogP contribution >= 0.6 is 11.8 Å². The zero-order chi connectivity index (χ0) is 15.8. The smallest absolute Gasteiger partial charge is 0.336 e. The van der Waals surface area contributed by atoms with Gasteiger partial charge in [0.15, 0.2) is 0 Å². The first-order valence-corrected chi connectivity index (χ1v) is 7.29. The number of aromatic carboxylic acids is 2. The molecule has 1 amide bonds. The molecular weight excluding hydrogens is 294 g/mol. The van der Waals surface area contributed by atoms with E-state index in [1.807, 2.05) is 13.8 Å². The summed E-state index contributed by atoms with van der Waals surface area (Å²) >= 11 is 1.60. The molecule has 0 aromatic heterocycles. The summed E-state index contributed by atoms with van der Waals surface area (Å²) in [5.41, 5.74) is -0.372. The molecule has 1 aliphatic rings. The molecule has 21 heavy (non-hydrogen) atoms. The molecule has 0 saturated carbocycles. The van der Waals surface area contributed by atoms with Gasteiger partial charge in [-0.05, 0) is 32.0 Å². The fourth-order valence-corrected chi connectivity index (χ4v) is 3.37. The van der Waals surface area contributed by atoms with Crippen molar-refractivity contribution in [3.05, 3.63) is 34.9 Å². The first-order chi connectivity index (χ1) is 9.74. The average molecular weight is 309 g/mol. The third kappa shape index (κ3) is 2.87. The van der Waals surface area contributed by atoms with Crippen molar-refractivity contribution in [3.63, 3.8) is 0 Å². The van der Waals surface area contributed by atoms with Gasteiger partial charge in [0, 0.05) is 12.3 Å². The molecule has 0 bridgehead atoms. The number of nitrogens with zero attached hydrogens (tertiary/aromatic N) is 1. The predicted octanol–water partition coefficient (Wildman–Crippen LogP) is 2.01. The summed E-state index contributed by atoms with van der Waals surface area (Å²) in [6, 6.07) is 3.48. The Bertz CT molecular complexity index is 626. The number of carbonyl (C=O) groups is 3.